The normalized spacial score (nSPS) is 11.7. The molecule has 0 atom stereocenters. The lowest BCUT2D eigenvalue weighted by molar-refractivity contribution is -0.137. The van der Waals surface area contributed by atoms with Crippen molar-refractivity contribution in [2.24, 2.45) is 0 Å². The molecule has 0 unspecified atom stereocenters. The third-order valence-electron chi connectivity index (χ3n) is 1.79. The second-order valence-corrected chi connectivity index (χ2v) is 4.47. The highest BCUT2D eigenvalue weighted by molar-refractivity contribution is 7.71. The van der Waals surface area contributed by atoms with E-state index in [0.29, 0.717) is 26.4 Å². The second kappa shape index (κ2) is 3.99. The predicted octanol–water partition coefficient (Wildman–Crippen LogP) is 3.89. The standard InChI is InChI=1S/C9H5F3N2S2/c10-9(11,12)8-14-4-7(16-8)6-3-5(15)1-2-13-6/h1-4H,(H,13,15). The highest BCUT2D eigenvalue weighted by Gasteiger charge is 2.34. The molecule has 0 aliphatic carbocycles. The van der Waals surface area contributed by atoms with Gasteiger partial charge in [-0.25, -0.2) is 4.98 Å². The molecule has 0 saturated heterocycles. The van der Waals surface area contributed by atoms with Gasteiger partial charge in [0, 0.05) is 16.9 Å². The fourth-order valence-electron chi connectivity index (χ4n) is 1.12. The van der Waals surface area contributed by atoms with Crippen molar-refractivity contribution in [3.8, 4) is 10.6 Å². The van der Waals surface area contributed by atoms with Gasteiger partial charge in [-0.2, -0.15) is 13.2 Å². The van der Waals surface area contributed by atoms with E-state index in [1.54, 1.807) is 18.3 Å². The summed E-state index contributed by atoms with van der Waals surface area (Å²) < 4.78 is 37.5. The molecular weight excluding hydrogens is 257 g/mol. The molecule has 84 valence electrons. The summed E-state index contributed by atoms with van der Waals surface area (Å²) in [6, 6.07) is 3.26. The highest BCUT2D eigenvalue weighted by atomic mass is 32.1. The van der Waals surface area contributed by atoms with Crippen LogP contribution in [0.25, 0.3) is 10.6 Å². The summed E-state index contributed by atoms with van der Waals surface area (Å²) in [5.74, 6) is 0. The number of nitrogens with zero attached hydrogens (tertiary/aromatic N) is 1. The van der Waals surface area contributed by atoms with Gasteiger partial charge in [-0.1, -0.05) is 12.2 Å². The molecule has 0 amide bonds. The topological polar surface area (TPSA) is 28.7 Å². The molecule has 1 N–H and O–H groups in total. The third kappa shape index (κ3) is 2.30. The Labute approximate surface area is 97.8 Å². The van der Waals surface area contributed by atoms with Gasteiger partial charge in [0.05, 0.1) is 10.6 Å². The van der Waals surface area contributed by atoms with E-state index < -0.39 is 11.2 Å². The van der Waals surface area contributed by atoms with Crippen molar-refractivity contribution in [2.45, 2.75) is 6.18 Å². The number of hydrogen-bond donors (Lipinski definition) is 1. The minimum atomic E-state index is -4.39. The van der Waals surface area contributed by atoms with E-state index in [4.69, 9.17) is 12.2 Å². The van der Waals surface area contributed by atoms with Crippen molar-refractivity contribution >= 4 is 23.6 Å². The molecule has 0 saturated carbocycles. The monoisotopic (exact) mass is 262 g/mol. The molecule has 2 aromatic rings. The molecule has 0 radical (unpaired) electrons. The Bertz CT molecular complexity index is 556. The summed E-state index contributed by atoms with van der Waals surface area (Å²) in [6.07, 6.45) is -1.62. The number of aromatic nitrogens is 2. The Kier molecular flexibility index (Phi) is 2.81. The highest BCUT2D eigenvalue weighted by Crippen LogP contribution is 2.35. The average molecular weight is 262 g/mol. The van der Waals surface area contributed by atoms with Crippen molar-refractivity contribution in [3.63, 3.8) is 0 Å². The van der Waals surface area contributed by atoms with Crippen molar-refractivity contribution in [3.05, 3.63) is 34.0 Å². The van der Waals surface area contributed by atoms with Crippen LogP contribution in [0.3, 0.4) is 0 Å². The van der Waals surface area contributed by atoms with Crippen LogP contribution in [0.1, 0.15) is 5.01 Å². The van der Waals surface area contributed by atoms with Crippen LogP contribution in [0.4, 0.5) is 13.2 Å². The van der Waals surface area contributed by atoms with E-state index >= 15 is 0 Å². The lowest BCUT2D eigenvalue weighted by Crippen LogP contribution is -2.02. The van der Waals surface area contributed by atoms with Crippen LogP contribution in [0, 0.1) is 4.51 Å². The fraction of sp³-hybridized carbons (Fsp3) is 0.111. The van der Waals surface area contributed by atoms with Crippen molar-refractivity contribution < 1.29 is 13.2 Å². The van der Waals surface area contributed by atoms with Crippen molar-refractivity contribution in [2.75, 3.05) is 0 Å². The first-order valence-corrected chi connectivity index (χ1v) is 5.41. The zero-order chi connectivity index (χ0) is 11.8. The maximum Gasteiger partial charge on any atom is 0.443 e. The van der Waals surface area contributed by atoms with Crippen LogP contribution in [0.2, 0.25) is 0 Å². The Balaban J connectivity index is 2.43. The Hall–Kier alpha value is -1.21. The lowest BCUT2D eigenvalue weighted by atomic mass is 10.3. The van der Waals surface area contributed by atoms with E-state index in [-0.39, 0.29) is 0 Å². The SMILES string of the molecule is FC(F)(F)c1ncc(-c2cc(=S)cc[nH]2)s1. The first-order chi connectivity index (χ1) is 7.47. The molecule has 0 spiro atoms. The molecule has 0 fully saturated rings. The lowest BCUT2D eigenvalue weighted by Gasteiger charge is -1.99. The average Bonchev–Trinajstić information content (AvgIpc) is 2.65. The number of rotatable bonds is 1. The van der Waals surface area contributed by atoms with Crippen LogP contribution in [-0.2, 0) is 6.18 Å². The van der Waals surface area contributed by atoms with E-state index in [0.717, 1.165) is 0 Å². The Morgan fingerprint density at radius 1 is 1.38 bits per heavy atom. The van der Waals surface area contributed by atoms with Crippen LogP contribution in [-0.4, -0.2) is 9.97 Å². The van der Waals surface area contributed by atoms with Gasteiger partial charge in [0.15, 0.2) is 5.01 Å². The number of alkyl halides is 3. The van der Waals surface area contributed by atoms with Gasteiger partial charge in [0.2, 0.25) is 0 Å². The fourth-order valence-corrected chi connectivity index (χ4v) is 2.07. The van der Waals surface area contributed by atoms with Crippen LogP contribution < -0.4 is 0 Å². The molecule has 2 nitrogen and oxygen atoms in total. The van der Waals surface area contributed by atoms with Gasteiger partial charge in [0.25, 0.3) is 0 Å². The number of pyridine rings is 1. The number of nitrogens with one attached hydrogen (secondary N) is 1. The summed E-state index contributed by atoms with van der Waals surface area (Å²) in [6.45, 7) is 0. The summed E-state index contributed by atoms with van der Waals surface area (Å²) in [5.41, 5.74) is 0.542. The van der Waals surface area contributed by atoms with Crippen LogP contribution >= 0.6 is 23.6 Å². The zero-order valence-corrected chi connectivity index (χ0v) is 9.34. The first kappa shape index (κ1) is 11.3. The molecule has 2 rings (SSSR count). The Morgan fingerprint density at radius 3 is 2.69 bits per heavy atom. The molecule has 0 aliphatic rings. The van der Waals surface area contributed by atoms with E-state index in [1.807, 2.05) is 0 Å². The molecule has 0 aromatic carbocycles. The van der Waals surface area contributed by atoms with Gasteiger partial charge in [-0.3, -0.25) is 0 Å². The number of halogens is 3. The molecule has 0 aliphatic heterocycles. The number of aromatic amines is 1. The summed E-state index contributed by atoms with van der Waals surface area (Å²) in [7, 11) is 0. The van der Waals surface area contributed by atoms with Gasteiger partial charge in [0.1, 0.15) is 0 Å². The smallest absolute Gasteiger partial charge is 0.360 e. The van der Waals surface area contributed by atoms with Crippen molar-refractivity contribution in [1.82, 2.24) is 9.97 Å². The minimum absolute atomic E-state index is 0.416. The maximum absolute atomic E-state index is 12.3. The number of thiazole rings is 1. The number of hydrogen-bond acceptors (Lipinski definition) is 3. The quantitative estimate of drug-likeness (QED) is 0.790. The van der Waals surface area contributed by atoms with E-state index in [2.05, 4.69) is 9.97 Å². The van der Waals surface area contributed by atoms with Crippen molar-refractivity contribution in [1.29, 1.82) is 0 Å². The van der Waals surface area contributed by atoms with E-state index in [1.165, 1.54) is 6.20 Å². The second-order valence-electron chi connectivity index (χ2n) is 2.97. The van der Waals surface area contributed by atoms with Gasteiger partial charge >= 0.3 is 6.18 Å². The first-order valence-electron chi connectivity index (χ1n) is 4.19. The summed E-state index contributed by atoms with van der Waals surface area (Å²) in [4.78, 5) is 6.58. The molecule has 7 heteroatoms. The van der Waals surface area contributed by atoms with Gasteiger partial charge in [-0.05, 0) is 12.1 Å². The van der Waals surface area contributed by atoms with Crippen LogP contribution in [0.5, 0.6) is 0 Å². The molecule has 2 heterocycles. The minimum Gasteiger partial charge on any atom is -0.360 e. The van der Waals surface area contributed by atoms with Crippen LogP contribution in [0.15, 0.2) is 24.5 Å². The third-order valence-corrected chi connectivity index (χ3v) is 3.12. The number of H-pyrrole nitrogens is 1. The molecule has 0 bridgehead atoms. The maximum atomic E-state index is 12.3. The largest absolute Gasteiger partial charge is 0.443 e. The molecule has 2 aromatic heterocycles. The van der Waals surface area contributed by atoms with Gasteiger partial charge in [-0.15, -0.1) is 11.3 Å². The zero-order valence-electron chi connectivity index (χ0n) is 7.71. The molecule has 16 heavy (non-hydrogen) atoms. The Morgan fingerprint density at radius 2 is 2.12 bits per heavy atom. The van der Waals surface area contributed by atoms with Gasteiger partial charge < -0.3 is 4.98 Å². The van der Waals surface area contributed by atoms with E-state index in [9.17, 15) is 13.2 Å². The summed E-state index contributed by atoms with van der Waals surface area (Å²) >= 11 is 5.51. The molecular formula is C9H5F3N2S2. The predicted molar refractivity (Wildman–Crippen MR) is 57.7 cm³/mol. The summed E-state index contributed by atoms with van der Waals surface area (Å²) in [5, 5.41) is -0.856.